The number of rotatable bonds is 4. The van der Waals surface area contributed by atoms with Crippen LogP contribution in [0.3, 0.4) is 0 Å². The smallest absolute Gasteiger partial charge is 0.234 e. The molecule has 14 heavy (non-hydrogen) atoms. The van der Waals surface area contributed by atoms with Crippen molar-refractivity contribution in [3.8, 4) is 12.3 Å². The Labute approximate surface area is 86.0 Å². The summed E-state index contributed by atoms with van der Waals surface area (Å²) in [5.74, 6) is 2.36. The van der Waals surface area contributed by atoms with E-state index >= 15 is 0 Å². The Morgan fingerprint density at radius 2 is 2.14 bits per heavy atom. The average Bonchev–Trinajstić information content (AvgIpc) is 2.26. The van der Waals surface area contributed by atoms with Gasteiger partial charge in [-0.2, -0.15) is 0 Å². The first-order valence-corrected chi connectivity index (χ1v) is 5.41. The Bertz CT molecular complexity index is 221. The monoisotopic (exact) mass is 194 g/mol. The van der Waals surface area contributed by atoms with E-state index in [-0.39, 0.29) is 11.9 Å². The summed E-state index contributed by atoms with van der Waals surface area (Å²) >= 11 is 0. The molecule has 0 aromatic heterocycles. The van der Waals surface area contributed by atoms with Gasteiger partial charge in [-0.05, 0) is 31.6 Å². The van der Waals surface area contributed by atoms with Crippen molar-refractivity contribution < 1.29 is 9.53 Å². The van der Waals surface area contributed by atoms with Crippen LogP contribution in [0.5, 0.6) is 0 Å². The van der Waals surface area contributed by atoms with Gasteiger partial charge in [0.15, 0.2) is 0 Å². The molecule has 2 nitrogen and oxygen atoms in total. The Balaban J connectivity index is 2.56. The minimum absolute atomic E-state index is 0.182. The summed E-state index contributed by atoms with van der Waals surface area (Å²) in [6, 6.07) is 0. The van der Waals surface area contributed by atoms with Crippen LogP contribution < -0.4 is 0 Å². The molecule has 0 radical (unpaired) electrons. The van der Waals surface area contributed by atoms with E-state index in [1.807, 2.05) is 6.92 Å². The minimum Gasteiger partial charge on any atom is -0.369 e. The van der Waals surface area contributed by atoms with Crippen molar-refractivity contribution in [3.05, 3.63) is 0 Å². The van der Waals surface area contributed by atoms with Gasteiger partial charge in [-0.15, -0.1) is 6.42 Å². The van der Waals surface area contributed by atoms with Gasteiger partial charge in [0.1, 0.15) is 6.10 Å². The normalized spacial score (nSPS) is 20.0. The Morgan fingerprint density at radius 1 is 1.50 bits per heavy atom. The van der Waals surface area contributed by atoms with Crippen LogP contribution in [-0.4, -0.2) is 18.5 Å². The quantitative estimate of drug-likeness (QED) is 0.506. The predicted molar refractivity (Wildman–Crippen MR) is 55.8 cm³/mol. The zero-order valence-electron chi connectivity index (χ0n) is 8.79. The summed E-state index contributed by atoms with van der Waals surface area (Å²) in [6.45, 7) is 2.47. The first kappa shape index (κ1) is 11.3. The molecule has 0 spiro atoms. The lowest BCUT2D eigenvalue weighted by Gasteiger charge is -2.27. The van der Waals surface area contributed by atoms with Crippen molar-refractivity contribution in [1.29, 1.82) is 0 Å². The molecule has 0 aromatic carbocycles. The lowest BCUT2D eigenvalue weighted by atomic mass is 9.84. The van der Waals surface area contributed by atoms with Crippen LogP contribution in [0.15, 0.2) is 0 Å². The molecular formula is C12H18O2. The average molecular weight is 194 g/mol. The highest BCUT2D eigenvalue weighted by Gasteiger charge is 2.28. The number of terminal acetylenes is 1. The maximum atomic E-state index is 11.4. The van der Waals surface area contributed by atoms with Crippen LogP contribution in [0.1, 0.15) is 39.0 Å². The van der Waals surface area contributed by atoms with Gasteiger partial charge in [-0.1, -0.05) is 19.3 Å². The minimum atomic E-state index is -0.342. The molecular weight excluding hydrogens is 176 g/mol. The van der Waals surface area contributed by atoms with Crippen LogP contribution in [-0.2, 0) is 9.53 Å². The van der Waals surface area contributed by atoms with E-state index in [0.717, 1.165) is 12.8 Å². The molecule has 0 saturated heterocycles. The van der Waals surface area contributed by atoms with E-state index in [9.17, 15) is 4.79 Å². The highest BCUT2D eigenvalue weighted by Crippen LogP contribution is 2.28. The van der Waals surface area contributed by atoms with Crippen LogP contribution in [0.4, 0.5) is 0 Å². The third-order valence-corrected chi connectivity index (χ3v) is 2.82. The van der Waals surface area contributed by atoms with Gasteiger partial charge in [-0.25, -0.2) is 0 Å². The van der Waals surface area contributed by atoms with E-state index in [2.05, 4.69) is 5.92 Å². The highest BCUT2D eigenvalue weighted by molar-refractivity contribution is 5.98. The van der Waals surface area contributed by atoms with Crippen LogP contribution in [0.2, 0.25) is 0 Å². The molecule has 1 aliphatic rings. The third-order valence-electron chi connectivity index (χ3n) is 2.82. The van der Waals surface area contributed by atoms with Gasteiger partial charge < -0.3 is 4.74 Å². The second kappa shape index (κ2) is 5.82. The molecule has 0 bridgehead atoms. The second-order valence-electron chi connectivity index (χ2n) is 3.78. The molecule has 2 heteroatoms. The van der Waals surface area contributed by atoms with Crippen LogP contribution >= 0.6 is 0 Å². The summed E-state index contributed by atoms with van der Waals surface area (Å²) in [4.78, 5) is 11.4. The van der Waals surface area contributed by atoms with Gasteiger partial charge in [0.2, 0.25) is 5.78 Å². The Morgan fingerprint density at radius 3 is 2.64 bits per heavy atom. The molecule has 1 saturated carbocycles. The first-order valence-electron chi connectivity index (χ1n) is 5.41. The van der Waals surface area contributed by atoms with E-state index < -0.39 is 0 Å². The standard InChI is InChI=1S/C12H18O2/c1-3-11(13)12(14-4-2)10-8-6-5-7-9-10/h1,10,12H,4-9H2,2H3. The molecule has 1 unspecified atom stereocenters. The topological polar surface area (TPSA) is 26.3 Å². The zero-order chi connectivity index (χ0) is 10.4. The molecule has 0 aliphatic heterocycles. The van der Waals surface area contributed by atoms with Crippen molar-refractivity contribution in [1.82, 2.24) is 0 Å². The fourth-order valence-corrected chi connectivity index (χ4v) is 2.12. The van der Waals surface area contributed by atoms with Gasteiger partial charge in [0.05, 0.1) is 0 Å². The predicted octanol–water partition coefficient (Wildman–Crippen LogP) is 2.17. The number of carbonyl (C=O) groups is 1. The van der Waals surface area contributed by atoms with Crippen molar-refractivity contribution in [2.75, 3.05) is 6.61 Å². The van der Waals surface area contributed by atoms with E-state index in [1.54, 1.807) is 0 Å². The lowest BCUT2D eigenvalue weighted by molar-refractivity contribution is -0.128. The third kappa shape index (κ3) is 2.85. The fourth-order valence-electron chi connectivity index (χ4n) is 2.12. The largest absolute Gasteiger partial charge is 0.369 e. The molecule has 0 aromatic rings. The summed E-state index contributed by atoms with van der Waals surface area (Å²) < 4.78 is 5.44. The summed E-state index contributed by atoms with van der Waals surface area (Å²) in [5, 5.41) is 0. The zero-order valence-corrected chi connectivity index (χ0v) is 8.79. The lowest BCUT2D eigenvalue weighted by Crippen LogP contribution is -2.33. The molecule has 0 N–H and O–H groups in total. The van der Waals surface area contributed by atoms with E-state index in [4.69, 9.17) is 11.2 Å². The number of carbonyl (C=O) groups excluding carboxylic acids is 1. The van der Waals surface area contributed by atoms with Crippen molar-refractivity contribution >= 4 is 5.78 Å². The van der Waals surface area contributed by atoms with Crippen LogP contribution in [0, 0.1) is 18.3 Å². The van der Waals surface area contributed by atoms with Crippen LogP contribution in [0.25, 0.3) is 0 Å². The summed E-state index contributed by atoms with van der Waals surface area (Å²) in [6.07, 6.45) is 10.6. The molecule has 0 heterocycles. The Hall–Kier alpha value is -0.810. The number of ether oxygens (including phenoxy) is 1. The number of Topliss-reactive ketones (excluding diaryl/α,β-unsaturated/α-hetero) is 1. The van der Waals surface area contributed by atoms with Crippen molar-refractivity contribution in [2.45, 2.75) is 45.1 Å². The van der Waals surface area contributed by atoms with E-state index in [0.29, 0.717) is 12.5 Å². The highest BCUT2D eigenvalue weighted by atomic mass is 16.5. The molecule has 1 fully saturated rings. The molecule has 78 valence electrons. The first-order chi connectivity index (χ1) is 6.79. The van der Waals surface area contributed by atoms with Gasteiger partial charge in [-0.3, -0.25) is 4.79 Å². The fraction of sp³-hybridized carbons (Fsp3) is 0.750. The summed E-state index contributed by atoms with van der Waals surface area (Å²) in [7, 11) is 0. The molecule has 0 amide bonds. The number of hydrogen-bond donors (Lipinski definition) is 0. The second-order valence-corrected chi connectivity index (χ2v) is 3.78. The van der Waals surface area contributed by atoms with E-state index in [1.165, 1.54) is 19.3 Å². The maximum Gasteiger partial charge on any atom is 0.234 e. The maximum absolute atomic E-state index is 11.4. The van der Waals surface area contributed by atoms with Gasteiger partial charge in [0.25, 0.3) is 0 Å². The Kier molecular flexibility index (Phi) is 4.69. The summed E-state index contributed by atoms with van der Waals surface area (Å²) in [5.41, 5.74) is 0. The molecule has 1 aliphatic carbocycles. The van der Waals surface area contributed by atoms with Crippen molar-refractivity contribution in [2.24, 2.45) is 5.92 Å². The van der Waals surface area contributed by atoms with Crippen molar-refractivity contribution in [3.63, 3.8) is 0 Å². The molecule has 1 atom stereocenters. The number of ketones is 1. The molecule has 1 rings (SSSR count). The van der Waals surface area contributed by atoms with Gasteiger partial charge >= 0.3 is 0 Å². The number of hydrogen-bond acceptors (Lipinski definition) is 2. The SMILES string of the molecule is C#CC(=O)C(OCC)C1CCCCC1. The van der Waals surface area contributed by atoms with Gasteiger partial charge in [0, 0.05) is 6.61 Å².